The molecule has 1 aromatic carbocycles. The molecule has 0 aliphatic heterocycles. The van der Waals surface area contributed by atoms with E-state index < -0.39 is 0 Å². The summed E-state index contributed by atoms with van der Waals surface area (Å²) < 4.78 is 0. The van der Waals surface area contributed by atoms with Gasteiger partial charge in [0.25, 0.3) is 0 Å². The van der Waals surface area contributed by atoms with Crippen molar-refractivity contribution in [2.75, 3.05) is 0 Å². The van der Waals surface area contributed by atoms with Crippen LogP contribution < -0.4 is 5.73 Å². The number of benzene rings is 1. The van der Waals surface area contributed by atoms with E-state index in [9.17, 15) is 0 Å². The van der Waals surface area contributed by atoms with Crippen molar-refractivity contribution in [1.29, 1.82) is 0 Å². The lowest BCUT2D eigenvalue weighted by Gasteiger charge is -2.00. The molecule has 0 saturated carbocycles. The first kappa shape index (κ1) is 18.4. The average Bonchev–Trinajstić information content (AvgIpc) is 2.72. The number of nitrogens with zero attached hydrogens (tertiary/aromatic N) is 1. The Labute approximate surface area is 131 Å². The van der Waals surface area contributed by atoms with Gasteiger partial charge in [-0.1, -0.05) is 38.1 Å². The molecule has 2 rings (SSSR count). The van der Waals surface area contributed by atoms with Crippen LogP contribution in [-0.2, 0) is 6.54 Å². The number of nitrogens with two attached hydrogens (primary N) is 1. The Hall–Kier alpha value is -0.610. The van der Waals surface area contributed by atoms with Gasteiger partial charge in [0.05, 0.1) is 15.6 Å². The molecule has 1 heterocycles. The third-order valence-electron chi connectivity index (χ3n) is 2.76. The summed E-state index contributed by atoms with van der Waals surface area (Å²) in [4.78, 5) is 5.90. The van der Waals surface area contributed by atoms with E-state index in [-0.39, 0.29) is 24.8 Å². The fourth-order valence-electron chi connectivity index (χ4n) is 1.72. The predicted molar refractivity (Wildman–Crippen MR) is 88.8 cm³/mol. The second-order valence-corrected chi connectivity index (χ2v) is 5.55. The van der Waals surface area contributed by atoms with E-state index in [4.69, 9.17) is 5.73 Å². The number of thiazole rings is 1. The average molecular weight is 319 g/mol. The molecule has 2 N–H and O–H groups in total. The summed E-state index contributed by atoms with van der Waals surface area (Å²) in [6.45, 7) is 7.03. The number of hydrogen-bond donors (Lipinski definition) is 1. The molecule has 19 heavy (non-hydrogen) atoms. The van der Waals surface area contributed by atoms with Crippen LogP contribution in [0.25, 0.3) is 10.4 Å². The fraction of sp³-hybridized carbons (Fsp3) is 0.357. The first-order valence-corrected chi connectivity index (χ1v) is 6.70. The predicted octanol–water partition coefficient (Wildman–Crippen LogP) is 4.54. The van der Waals surface area contributed by atoms with Crippen LogP contribution in [0.4, 0.5) is 0 Å². The topological polar surface area (TPSA) is 38.9 Å². The molecule has 0 aliphatic rings. The van der Waals surface area contributed by atoms with Crippen LogP contribution in [0.1, 0.15) is 36.0 Å². The first-order chi connectivity index (χ1) is 8.11. The zero-order valence-electron chi connectivity index (χ0n) is 11.3. The molecule has 0 atom stereocenters. The number of aromatic nitrogens is 1. The summed E-state index contributed by atoms with van der Waals surface area (Å²) in [6.07, 6.45) is 0. The zero-order valence-corrected chi connectivity index (χ0v) is 13.8. The SMILES string of the molecule is Cc1nc(C(C)C)sc1-c1ccc(CN)cc1.Cl.Cl. The summed E-state index contributed by atoms with van der Waals surface area (Å²) in [6, 6.07) is 8.44. The third kappa shape index (κ3) is 4.18. The van der Waals surface area contributed by atoms with Crippen LogP contribution in [0.3, 0.4) is 0 Å². The van der Waals surface area contributed by atoms with Crippen LogP contribution >= 0.6 is 36.2 Å². The van der Waals surface area contributed by atoms with Crippen molar-refractivity contribution in [3.05, 3.63) is 40.5 Å². The zero-order chi connectivity index (χ0) is 12.4. The molecule has 0 bridgehead atoms. The van der Waals surface area contributed by atoms with E-state index in [2.05, 4.69) is 50.0 Å². The minimum absolute atomic E-state index is 0. The van der Waals surface area contributed by atoms with Gasteiger partial charge in [0.15, 0.2) is 0 Å². The minimum Gasteiger partial charge on any atom is -0.326 e. The van der Waals surface area contributed by atoms with E-state index >= 15 is 0 Å². The van der Waals surface area contributed by atoms with Crippen molar-refractivity contribution in [2.45, 2.75) is 33.2 Å². The van der Waals surface area contributed by atoms with Crippen molar-refractivity contribution in [2.24, 2.45) is 5.73 Å². The van der Waals surface area contributed by atoms with Crippen molar-refractivity contribution in [3.63, 3.8) is 0 Å². The van der Waals surface area contributed by atoms with Gasteiger partial charge in [0.2, 0.25) is 0 Å². The Morgan fingerprint density at radius 3 is 2.16 bits per heavy atom. The molecular weight excluding hydrogens is 299 g/mol. The summed E-state index contributed by atoms with van der Waals surface area (Å²) in [5, 5.41) is 1.21. The van der Waals surface area contributed by atoms with Crippen LogP contribution in [0, 0.1) is 6.92 Å². The van der Waals surface area contributed by atoms with Crippen molar-refractivity contribution in [3.8, 4) is 10.4 Å². The quantitative estimate of drug-likeness (QED) is 0.902. The number of halogens is 2. The van der Waals surface area contributed by atoms with Crippen LogP contribution in [-0.4, -0.2) is 4.98 Å². The molecule has 0 aliphatic carbocycles. The van der Waals surface area contributed by atoms with Gasteiger partial charge in [0, 0.05) is 12.5 Å². The lowest BCUT2D eigenvalue weighted by molar-refractivity contribution is 0.847. The Bertz CT molecular complexity index is 507. The van der Waals surface area contributed by atoms with Crippen molar-refractivity contribution >= 4 is 36.2 Å². The van der Waals surface area contributed by atoms with Gasteiger partial charge in [-0.05, 0) is 18.1 Å². The van der Waals surface area contributed by atoms with E-state index in [0.717, 1.165) is 5.69 Å². The molecule has 2 aromatic rings. The highest BCUT2D eigenvalue weighted by molar-refractivity contribution is 7.15. The normalized spacial score (nSPS) is 9.95. The number of hydrogen-bond acceptors (Lipinski definition) is 3. The standard InChI is InChI=1S/C14H18N2S.2ClH/c1-9(2)14-16-10(3)13(17-14)12-6-4-11(8-15)5-7-12;;/h4-7,9H,8,15H2,1-3H3;2*1H. The smallest absolute Gasteiger partial charge is 0.0959 e. The van der Waals surface area contributed by atoms with Gasteiger partial charge >= 0.3 is 0 Å². The third-order valence-corrected chi connectivity index (χ3v) is 4.27. The highest BCUT2D eigenvalue weighted by atomic mass is 35.5. The molecule has 2 nitrogen and oxygen atoms in total. The molecule has 0 saturated heterocycles. The molecule has 0 fully saturated rings. The highest BCUT2D eigenvalue weighted by Crippen LogP contribution is 2.33. The Balaban J connectivity index is 0.00000162. The van der Waals surface area contributed by atoms with Crippen LogP contribution in [0.2, 0.25) is 0 Å². The van der Waals surface area contributed by atoms with E-state index in [1.165, 1.54) is 21.0 Å². The van der Waals surface area contributed by atoms with E-state index in [0.29, 0.717) is 12.5 Å². The van der Waals surface area contributed by atoms with Gasteiger partial charge < -0.3 is 5.73 Å². The van der Waals surface area contributed by atoms with Crippen LogP contribution in [0.5, 0.6) is 0 Å². The van der Waals surface area contributed by atoms with Gasteiger partial charge in [-0.2, -0.15) is 0 Å². The Morgan fingerprint density at radius 1 is 1.16 bits per heavy atom. The number of rotatable bonds is 3. The second-order valence-electron chi connectivity index (χ2n) is 4.52. The maximum absolute atomic E-state index is 5.60. The van der Waals surface area contributed by atoms with Crippen LogP contribution in [0.15, 0.2) is 24.3 Å². The molecule has 106 valence electrons. The molecular formula is C14H20Cl2N2S. The lowest BCUT2D eigenvalue weighted by Crippen LogP contribution is -1.95. The summed E-state index contributed by atoms with van der Waals surface area (Å²) in [5.41, 5.74) is 9.13. The molecule has 1 aromatic heterocycles. The fourth-order valence-corrected chi connectivity index (χ4v) is 2.80. The first-order valence-electron chi connectivity index (χ1n) is 5.88. The van der Waals surface area contributed by atoms with E-state index in [1.807, 2.05) is 0 Å². The Morgan fingerprint density at radius 2 is 1.74 bits per heavy atom. The number of aryl methyl sites for hydroxylation is 1. The maximum atomic E-state index is 5.60. The van der Waals surface area contributed by atoms with E-state index in [1.54, 1.807) is 11.3 Å². The highest BCUT2D eigenvalue weighted by Gasteiger charge is 2.11. The molecule has 0 spiro atoms. The largest absolute Gasteiger partial charge is 0.326 e. The molecule has 0 radical (unpaired) electrons. The molecule has 5 heteroatoms. The molecule has 0 unspecified atom stereocenters. The summed E-state index contributed by atoms with van der Waals surface area (Å²) in [7, 11) is 0. The van der Waals surface area contributed by atoms with Crippen molar-refractivity contribution < 1.29 is 0 Å². The monoisotopic (exact) mass is 318 g/mol. The minimum atomic E-state index is 0. The van der Waals surface area contributed by atoms with Gasteiger partial charge in [-0.3, -0.25) is 0 Å². The second kappa shape index (κ2) is 7.85. The molecule has 0 amide bonds. The summed E-state index contributed by atoms with van der Waals surface area (Å²) in [5.74, 6) is 0.496. The maximum Gasteiger partial charge on any atom is 0.0959 e. The summed E-state index contributed by atoms with van der Waals surface area (Å²) >= 11 is 1.79. The van der Waals surface area contributed by atoms with Gasteiger partial charge in [-0.15, -0.1) is 36.2 Å². The van der Waals surface area contributed by atoms with Gasteiger partial charge in [0.1, 0.15) is 0 Å². The van der Waals surface area contributed by atoms with Gasteiger partial charge in [-0.25, -0.2) is 4.98 Å². The van der Waals surface area contributed by atoms with Crippen molar-refractivity contribution in [1.82, 2.24) is 4.98 Å². The Kier molecular flexibility index (Phi) is 7.60. The lowest BCUT2D eigenvalue weighted by atomic mass is 10.1.